The van der Waals surface area contributed by atoms with Crippen molar-refractivity contribution >= 4 is 11.3 Å². The summed E-state index contributed by atoms with van der Waals surface area (Å²) >= 11 is 1.83. The van der Waals surface area contributed by atoms with Crippen LogP contribution in [0.2, 0.25) is 0 Å². The van der Waals surface area contributed by atoms with Crippen molar-refractivity contribution in [2.75, 3.05) is 13.1 Å². The van der Waals surface area contributed by atoms with Crippen molar-refractivity contribution in [1.82, 2.24) is 4.90 Å². The average molecular weight is 237 g/mol. The summed E-state index contributed by atoms with van der Waals surface area (Å²) in [5.41, 5.74) is 1.39. The highest BCUT2D eigenvalue weighted by Gasteiger charge is 2.41. The summed E-state index contributed by atoms with van der Waals surface area (Å²) in [5, 5.41) is 12.5. The number of fused-ring (bicyclic) bond motifs is 3. The van der Waals surface area contributed by atoms with Crippen molar-refractivity contribution in [3.8, 4) is 0 Å². The Morgan fingerprint density at radius 2 is 2.19 bits per heavy atom. The maximum absolute atomic E-state index is 10.3. The van der Waals surface area contributed by atoms with Crippen LogP contribution >= 0.6 is 11.3 Å². The second-order valence-corrected chi connectivity index (χ2v) is 6.16. The first kappa shape index (κ1) is 10.8. The Hall–Kier alpha value is -0.380. The van der Waals surface area contributed by atoms with Gasteiger partial charge in [-0.25, -0.2) is 0 Å². The molecule has 3 aliphatic heterocycles. The van der Waals surface area contributed by atoms with Crippen LogP contribution in [0.1, 0.15) is 23.3 Å². The van der Waals surface area contributed by atoms with Gasteiger partial charge in [0.2, 0.25) is 0 Å². The van der Waals surface area contributed by atoms with E-state index in [1.165, 1.54) is 36.4 Å². The van der Waals surface area contributed by atoms with E-state index in [2.05, 4.69) is 23.3 Å². The van der Waals surface area contributed by atoms with Crippen LogP contribution in [0.25, 0.3) is 0 Å². The molecule has 3 heteroatoms. The highest BCUT2D eigenvalue weighted by Crippen LogP contribution is 2.34. The topological polar surface area (TPSA) is 23.5 Å². The third kappa shape index (κ3) is 1.71. The van der Waals surface area contributed by atoms with Gasteiger partial charge in [-0.15, -0.1) is 11.3 Å². The fourth-order valence-corrected chi connectivity index (χ4v) is 4.13. The lowest BCUT2D eigenvalue weighted by atomic mass is 9.79. The first-order valence-electron chi connectivity index (χ1n) is 6.21. The van der Waals surface area contributed by atoms with Crippen LogP contribution in [0, 0.1) is 12.8 Å². The molecule has 0 amide bonds. The van der Waals surface area contributed by atoms with Gasteiger partial charge in [0.25, 0.3) is 0 Å². The van der Waals surface area contributed by atoms with Gasteiger partial charge in [0, 0.05) is 17.3 Å². The molecule has 2 nitrogen and oxygen atoms in total. The second kappa shape index (κ2) is 4.13. The van der Waals surface area contributed by atoms with E-state index in [4.69, 9.17) is 0 Å². The molecule has 3 aliphatic rings. The number of hydrogen-bond acceptors (Lipinski definition) is 3. The van der Waals surface area contributed by atoms with Crippen molar-refractivity contribution in [1.29, 1.82) is 0 Å². The molecule has 0 aromatic carbocycles. The zero-order valence-electron chi connectivity index (χ0n) is 9.72. The summed E-state index contributed by atoms with van der Waals surface area (Å²) < 4.78 is 0. The lowest BCUT2D eigenvalue weighted by Crippen LogP contribution is -2.58. The van der Waals surface area contributed by atoms with Crippen LogP contribution in [0.5, 0.6) is 0 Å². The quantitative estimate of drug-likeness (QED) is 0.851. The molecule has 2 bridgehead atoms. The molecule has 2 atom stereocenters. The van der Waals surface area contributed by atoms with E-state index < -0.39 is 0 Å². The molecular formula is C13H19NOS. The van der Waals surface area contributed by atoms with Gasteiger partial charge in [-0.05, 0) is 55.8 Å². The number of aliphatic hydroxyl groups excluding tert-OH is 1. The number of aliphatic hydroxyl groups is 1. The summed E-state index contributed by atoms with van der Waals surface area (Å²) in [6.07, 6.45) is 3.34. The monoisotopic (exact) mass is 237 g/mol. The summed E-state index contributed by atoms with van der Waals surface area (Å²) in [7, 11) is 0. The van der Waals surface area contributed by atoms with Crippen molar-refractivity contribution in [3.63, 3.8) is 0 Å². The number of rotatable bonds is 2. The predicted molar refractivity (Wildman–Crippen MR) is 66.9 cm³/mol. The zero-order chi connectivity index (χ0) is 11.1. The van der Waals surface area contributed by atoms with Crippen molar-refractivity contribution in [2.24, 2.45) is 5.92 Å². The Morgan fingerprint density at radius 3 is 2.75 bits per heavy atom. The van der Waals surface area contributed by atoms with E-state index in [1.54, 1.807) is 0 Å². The maximum Gasteiger partial charge on any atom is 0.0727 e. The number of thiophene rings is 1. The molecule has 88 valence electrons. The van der Waals surface area contributed by atoms with Gasteiger partial charge in [0.05, 0.1) is 6.10 Å². The Kier molecular flexibility index (Phi) is 2.78. The van der Waals surface area contributed by atoms with E-state index in [0.717, 1.165) is 6.42 Å². The van der Waals surface area contributed by atoms with Crippen LogP contribution in [-0.4, -0.2) is 35.2 Å². The van der Waals surface area contributed by atoms with Gasteiger partial charge in [-0.3, -0.25) is 4.90 Å². The molecule has 4 rings (SSSR count). The van der Waals surface area contributed by atoms with Gasteiger partial charge in [0.15, 0.2) is 0 Å². The smallest absolute Gasteiger partial charge is 0.0727 e. The molecule has 1 N–H and O–H groups in total. The SMILES string of the molecule is Cc1ccsc1CC1C(O)C2CCN1CC2. The third-order valence-corrected chi connectivity index (χ3v) is 5.33. The van der Waals surface area contributed by atoms with Crippen LogP contribution < -0.4 is 0 Å². The van der Waals surface area contributed by atoms with Gasteiger partial charge >= 0.3 is 0 Å². The minimum Gasteiger partial charge on any atom is -0.391 e. The maximum atomic E-state index is 10.3. The fourth-order valence-electron chi connectivity index (χ4n) is 3.18. The largest absolute Gasteiger partial charge is 0.391 e. The number of hydrogen-bond donors (Lipinski definition) is 1. The summed E-state index contributed by atoms with van der Waals surface area (Å²) in [5.74, 6) is 0.565. The molecule has 0 spiro atoms. The Bertz CT molecular complexity index is 366. The fraction of sp³-hybridized carbons (Fsp3) is 0.692. The second-order valence-electron chi connectivity index (χ2n) is 5.16. The van der Waals surface area contributed by atoms with Gasteiger partial charge in [-0.2, -0.15) is 0 Å². The van der Waals surface area contributed by atoms with E-state index in [-0.39, 0.29) is 6.10 Å². The summed E-state index contributed by atoms with van der Waals surface area (Å²) in [6.45, 7) is 4.56. The molecule has 2 unspecified atom stereocenters. The number of piperidine rings is 3. The van der Waals surface area contributed by atoms with Crippen LogP contribution in [-0.2, 0) is 6.42 Å². The third-order valence-electron chi connectivity index (χ3n) is 4.28. The minimum absolute atomic E-state index is 0.0935. The van der Waals surface area contributed by atoms with Crippen molar-refractivity contribution in [3.05, 3.63) is 21.9 Å². The van der Waals surface area contributed by atoms with Gasteiger partial charge < -0.3 is 5.11 Å². The molecule has 0 radical (unpaired) electrons. The molecule has 3 saturated heterocycles. The van der Waals surface area contributed by atoms with Crippen LogP contribution in [0.3, 0.4) is 0 Å². The average Bonchev–Trinajstić information content (AvgIpc) is 2.70. The van der Waals surface area contributed by atoms with E-state index in [9.17, 15) is 5.11 Å². The Balaban J connectivity index is 1.77. The highest BCUT2D eigenvalue weighted by atomic mass is 32.1. The lowest BCUT2D eigenvalue weighted by Gasteiger charge is -2.49. The molecule has 1 aromatic rings. The Labute approximate surface area is 101 Å². The van der Waals surface area contributed by atoms with Crippen molar-refractivity contribution in [2.45, 2.75) is 38.3 Å². The molecule has 0 aliphatic carbocycles. The van der Waals surface area contributed by atoms with Crippen LogP contribution in [0.15, 0.2) is 11.4 Å². The molecule has 4 heterocycles. The Morgan fingerprint density at radius 1 is 1.44 bits per heavy atom. The first-order valence-corrected chi connectivity index (χ1v) is 7.09. The lowest BCUT2D eigenvalue weighted by molar-refractivity contribution is -0.0713. The van der Waals surface area contributed by atoms with E-state index >= 15 is 0 Å². The van der Waals surface area contributed by atoms with Crippen LogP contribution in [0.4, 0.5) is 0 Å². The minimum atomic E-state index is -0.0935. The van der Waals surface area contributed by atoms with Gasteiger partial charge in [-0.1, -0.05) is 0 Å². The van der Waals surface area contributed by atoms with E-state index in [1.807, 2.05) is 11.3 Å². The van der Waals surface area contributed by atoms with Crippen molar-refractivity contribution < 1.29 is 5.11 Å². The summed E-state index contributed by atoms with van der Waals surface area (Å²) in [4.78, 5) is 3.95. The molecule has 0 saturated carbocycles. The normalized spacial score (nSPS) is 37.9. The molecule has 1 aromatic heterocycles. The van der Waals surface area contributed by atoms with E-state index in [0.29, 0.717) is 12.0 Å². The standard InChI is InChI=1S/C13H19NOS/c1-9-4-7-16-12(9)8-11-13(15)10-2-5-14(11)6-3-10/h4,7,10-11,13,15H,2-3,5-6,8H2,1H3. The highest BCUT2D eigenvalue weighted by molar-refractivity contribution is 7.10. The first-order chi connectivity index (χ1) is 7.75. The number of aryl methyl sites for hydroxylation is 1. The number of nitrogens with zero attached hydrogens (tertiary/aromatic N) is 1. The zero-order valence-corrected chi connectivity index (χ0v) is 10.5. The molecule has 16 heavy (non-hydrogen) atoms. The predicted octanol–water partition coefficient (Wildman–Crippen LogP) is 2.05. The molecule has 3 fully saturated rings. The van der Waals surface area contributed by atoms with Gasteiger partial charge in [0.1, 0.15) is 0 Å². The molecular weight excluding hydrogens is 218 g/mol. The summed E-state index contributed by atoms with van der Waals surface area (Å²) in [6, 6.07) is 2.56.